The lowest BCUT2D eigenvalue weighted by molar-refractivity contribution is 0.102. The maximum atomic E-state index is 11.8. The van der Waals surface area contributed by atoms with Crippen LogP contribution in [0.5, 0.6) is 0 Å². The Hall–Kier alpha value is -2.20. The summed E-state index contributed by atoms with van der Waals surface area (Å²) in [6.07, 6.45) is 3.18. The van der Waals surface area contributed by atoms with E-state index in [0.717, 1.165) is 11.3 Å². The number of rotatable bonds is 3. The number of nitrogens with two attached hydrogens (primary N) is 1. The van der Waals surface area contributed by atoms with Crippen molar-refractivity contribution in [2.75, 3.05) is 5.32 Å². The minimum Gasteiger partial charge on any atom is -0.326 e. The van der Waals surface area contributed by atoms with Gasteiger partial charge in [0.1, 0.15) is 0 Å². The van der Waals surface area contributed by atoms with Crippen LogP contribution in [0.25, 0.3) is 0 Å². The lowest BCUT2D eigenvalue weighted by Crippen LogP contribution is -2.11. The molecule has 0 unspecified atom stereocenters. The first-order chi connectivity index (χ1) is 8.29. The summed E-state index contributed by atoms with van der Waals surface area (Å²) < 4.78 is 0. The fourth-order valence-electron chi connectivity index (χ4n) is 1.43. The molecule has 0 saturated heterocycles. The van der Waals surface area contributed by atoms with Crippen LogP contribution < -0.4 is 11.1 Å². The highest BCUT2D eigenvalue weighted by atomic mass is 16.1. The Morgan fingerprint density at radius 1 is 1.12 bits per heavy atom. The molecule has 0 spiro atoms. The first kappa shape index (κ1) is 11.3. The molecule has 2 aromatic rings. The Labute approximate surface area is 99.5 Å². The van der Waals surface area contributed by atoms with E-state index in [-0.39, 0.29) is 5.91 Å². The van der Waals surface area contributed by atoms with Gasteiger partial charge < -0.3 is 11.1 Å². The van der Waals surface area contributed by atoms with Crippen molar-refractivity contribution in [3.8, 4) is 0 Å². The van der Waals surface area contributed by atoms with Crippen LogP contribution in [0.3, 0.4) is 0 Å². The summed E-state index contributed by atoms with van der Waals surface area (Å²) in [5.41, 5.74) is 7.87. The molecule has 4 heteroatoms. The second-order valence-corrected chi connectivity index (χ2v) is 3.59. The van der Waals surface area contributed by atoms with E-state index in [1.807, 2.05) is 24.3 Å². The largest absolute Gasteiger partial charge is 0.326 e. The van der Waals surface area contributed by atoms with E-state index in [0.29, 0.717) is 12.1 Å². The van der Waals surface area contributed by atoms with Gasteiger partial charge in [0.25, 0.3) is 5.91 Å². The number of anilines is 1. The molecule has 86 valence electrons. The van der Waals surface area contributed by atoms with Crippen molar-refractivity contribution in [2.24, 2.45) is 5.73 Å². The summed E-state index contributed by atoms with van der Waals surface area (Å²) in [6, 6.07) is 10.8. The number of nitrogens with one attached hydrogen (secondary N) is 1. The third-order valence-electron chi connectivity index (χ3n) is 2.39. The van der Waals surface area contributed by atoms with Crippen LogP contribution in [-0.2, 0) is 6.54 Å². The number of aromatic nitrogens is 1. The smallest absolute Gasteiger partial charge is 0.255 e. The highest BCUT2D eigenvalue weighted by Gasteiger charge is 2.04. The second kappa shape index (κ2) is 5.23. The quantitative estimate of drug-likeness (QED) is 0.840. The molecule has 1 aromatic heterocycles. The van der Waals surface area contributed by atoms with Crippen molar-refractivity contribution in [3.63, 3.8) is 0 Å². The van der Waals surface area contributed by atoms with E-state index in [4.69, 9.17) is 5.73 Å². The lowest BCUT2D eigenvalue weighted by Gasteiger charge is -2.05. The third kappa shape index (κ3) is 2.89. The van der Waals surface area contributed by atoms with Gasteiger partial charge in [-0.15, -0.1) is 0 Å². The lowest BCUT2D eigenvalue weighted by atomic mass is 10.2. The number of benzene rings is 1. The van der Waals surface area contributed by atoms with Crippen molar-refractivity contribution in [1.29, 1.82) is 0 Å². The topological polar surface area (TPSA) is 68.0 Å². The number of carbonyl (C=O) groups is 1. The monoisotopic (exact) mass is 227 g/mol. The summed E-state index contributed by atoms with van der Waals surface area (Å²) in [5.74, 6) is -0.145. The molecule has 2 rings (SSSR count). The standard InChI is InChI=1S/C13H13N3O/c14-9-10-1-3-12(4-2-10)16-13(17)11-5-7-15-8-6-11/h1-8H,9,14H2,(H,16,17). The maximum absolute atomic E-state index is 11.8. The summed E-state index contributed by atoms with van der Waals surface area (Å²) in [5, 5.41) is 2.80. The fourth-order valence-corrected chi connectivity index (χ4v) is 1.43. The predicted octanol–water partition coefficient (Wildman–Crippen LogP) is 1.79. The van der Waals surface area contributed by atoms with Gasteiger partial charge in [-0.25, -0.2) is 0 Å². The van der Waals surface area contributed by atoms with E-state index in [9.17, 15) is 4.79 Å². The molecule has 0 atom stereocenters. The van der Waals surface area contributed by atoms with E-state index in [1.165, 1.54) is 0 Å². The van der Waals surface area contributed by atoms with Gasteiger partial charge in [0.05, 0.1) is 0 Å². The van der Waals surface area contributed by atoms with Crippen LogP contribution in [0, 0.1) is 0 Å². The minimum atomic E-state index is -0.145. The summed E-state index contributed by atoms with van der Waals surface area (Å²) in [7, 11) is 0. The molecule has 0 aliphatic rings. The average Bonchev–Trinajstić information content (AvgIpc) is 2.40. The Kier molecular flexibility index (Phi) is 3.47. The zero-order chi connectivity index (χ0) is 12.1. The molecule has 1 amide bonds. The van der Waals surface area contributed by atoms with E-state index >= 15 is 0 Å². The summed E-state index contributed by atoms with van der Waals surface area (Å²) in [6.45, 7) is 0.499. The van der Waals surface area contributed by atoms with E-state index in [2.05, 4.69) is 10.3 Å². The van der Waals surface area contributed by atoms with Crippen molar-refractivity contribution in [1.82, 2.24) is 4.98 Å². The highest BCUT2D eigenvalue weighted by Crippen LogP contribution is 2.10. The average molecular weight is 227 g/mol. The molecule has 0 aliphatic carbocycles. The molecular weight excluding hydrogens is 214 g/mol. The minimum absolute atomic E-state index is 0.145. The van der Waals surface area contributed by atoms with Gasteiger partial charge in [-0.05, 0) is 29.8 Å². The molecule has 4 nitrogen and oxygen atoms in total. The van der Waals surface area contributed by atoms with Crippen LogP contribution in [0.2, 0.25) is 0 Å². The number of nitrogens with zero attached hydrogens (tertiary/aromatic N) is 1. The van der Waals surface area contributed by atoms with Gasteiger partial charge in [-0.3, -0.25) is 9.78 Å². The molecule has 1 aromatic carbocycles. The van der Waals surface area contributed by atoms with Gasteiger partial charge in [-0.2, -0.15) is 0 Å². The zero-order valence-electron chi connectivity index (χ0n) is 9.26. The van der Waals surface area contributed by atoms with Crippen LogP contribution >= 0.6 is 0 Å². The van der Waals surface area contributed by atoms with Crippen molar-refractivity contribution < 1.29 is 4.79 Å². The van der Waals surface area contributed by atoms with Crippen LogP contribution in [-0.4, -0.2) is 10.9 Å². The van der Waals surface area contributed by atoms with Gasteiger partial charge in [-0.1, -0.05) is 12.1 Å². The Morgan fingerprint density at radius 3 is 2.35 bits per heavy atom. The van der Waals surface area contributed by atoms with Crippen molar-refractivity contribution in [3.05, 3.63) is 59.9 Å². The van der Waals surface area contributed by atoms with Crippen molar-refractivity contribution in [2.45, 2.75) is 6.54 Å². The zero-order valence-corrected chi connectivity index (χ0v) is 9.26. The van der Waals surface area contributed by atoms with Gasteiger partial charge >= 0.3 is 0 Å². The maximum Gasteiger partial charge on any atom is 0.255 e. The SMILES string of the molecule is NCc1ccc(NC(=O)c2ccncc2)cc1. The van der Waals surface area contributed by atoms with Gasteiger partial charge in [0, 0.05) is 30.2 Å². The van der Waals surface area contributed by atoms with Crippen LogP contribution in [0.15, 0.2) is 48.8 Å². The molecule has 1 heterocycles. The second-order valence-electron chi connectivity index (χ2n) is 3.59. The molecule has 0 aliphatic heterocycles. The van der Waals surface area contributed by atoms with Crippen molar-refractivity contribution >= 4 is 11.6 Å². The molecule has 0 bridgehead atoms. The molecule has 0 radical (unpaired) electrons. The number of amides is 1. The molecule has 3 N–H and O–H groups in total. The Balaban J connectivity index is 2.08. The number of hydrogen-bond acceptors (Lipinski definition) is 3. The third-order valence-corrected chi connectivity index (χ3v) is 2.39. The van der Waals surface area contributed by atoms with Crippen LogP contribution in [0.1, 0.15) is 15.9 Å². The Bertz CT molecular complexity index is 494. The Morgan fingerprint density at radius 2 is 1.76 bits per heavy atom. The predicted molar refractivity (Wildman–Crippen MR) is 66.5 cm³/mol. The first-order valence-electron chi connectivity index (χ1n) is 5.30. The van der Waals surface area contributed by atoms with Gasteiger partial charge in [0.2, 0.25) is 0 Å². The number of pyridine rings is 1. The molecular formula is C13H13N3O. The van der Waals surface area contributed by atoms with Gasteiger partial charge in [0.15, 0.2) is 0 Å². The van der Waals surface area contributed by atoms with Crippen LogP contribution in [0.4, 0.5) is 5.69 Å². The normalized spacial score (nSPS) is 9.94. The van der Waals surface area contributed by atoms with E-state index in [1.54, 1.807) is 24.5 Å². The first-order valence-corrected chi connectivity index (χ1v) is 5.30. The summed E-state index contributed by atoms with van der Waals surface area (Å²) >= 11 is 0. The highest BCUT2D eigenvalue weighted by molar-refractivity contribution is 6.04. The molecule has 0 saturated carbocycles. The number of carbonyl (C=O) groups excluding carboxylic acids is 1. The fraction of sp³-hybridized carbons (Fsp3) is 0.0769. The molecule has 0 fully saturated rings. The summed E-state index contributed by atoms with van der Waals surface area (Å²) in [4.78, 5) is 15.7. The van der Waals surface area contributed by atoms with E-state index < -0.39 is 0 Å². The molecule has 17 heavy (non-hydrogen) atoms. The number of hydrogen-bond donors (Lipinski definition) is 2.